The molecule has 2 rings (SSSR count). The van der Waals surface area contributed by atoms with Gasteiger partial charge in [0.05, 0.1) is 19.3 Å². The van der Waals surface area contributed by atoms with Gasteiger partial charge in [-0.15, -0.1) is 0 Å². The van der Waals surface area contributed by atoms with Crippen LogP contribution in [0.3, 0.4) is 0 Å². The zero-order valence-corrected chi connectivity index (χ0v) is 13.0. The molecule has 0 saturated carbocycles. The van der Waals surface area contributed by atoms with E-state index in [1.807, 2.05) is 18.7 Å². The van der Waals surface area contributed by atoms with Gasteiger partial charge in [0.15, 0.2) is 0 Å². The summed E-state index contributed by atoms with van der Waals surface area (Å²) in [4.78, 5) is 28.2. The highest BCUT2D eigenvalue weighted by Gasteiger charge is 2.50. The van der Waals surface area contributed by atoms with Gasteiger partial charge in [-0.05, 0) is 26.2 Å². The molecule has 0 spiro atoms. The number of nitrogens with zero attached hydrogens (tertiary/aromatic N) is 2. The Morgan fingerprint density at radius 3 is 2.52 bits per heavy atom. The predicted molar refractivity (Wildman–Crippen MR) is 78.1 cm³/mol. The minimum atomic E-state index is -0.865. The first kappa shape index (κ1) is 16.2. The molecule has 1 N–H and O–H groups in total. The molecule has 0 aromatic carbocycles. The van der Waals surface area contributed by atoms with E-state index in [2.05, 4.69) is 0 Å². The average Bonchev–Trinajstić information content (AvgIpc) is 2.92. The predicted octanol–water partition coefficient (Wildman–Crippen LogP) is 0.953. The van der Waals surface area contributed by atoms with Crippen molar-refractivity contribution in [2.24, 2.45) is 0 Å². The van der Waals surface area contributed by atoms with Crippen molar-refractivity contribution in [2.75, 3.05) is 32.8 Å². The van der Waals surface area contributed by atoms with E-state index in [0.29, 0.717) is 45.7 Å². The van der Waals surface area contributed by atoms with Crippen molar-refractivity contribution in [3.63, 3.8) is 0 Å². The number of carboxylic acids is 1. The fraction of sp³-hybridized carbons (Fsp3) is 0.867. The van der Waals surface area contributed by atoms with E-state index in [4.69, 9.17) is 4.74 Å². The van der Waals surface area contributed by atoms with Gasteiger partial charge in [-0.1, -0.05) is 13.3 Å². The largest absolute Gasteiger partial charge is 0.480 e. The van der Waals surface area contributed by atoms with Crippen LogP contribution < -0.4 is 0 Å². The Morgan fingerprint density at radius 2 is 1.95 bits per heavy atom. The van der Waals surface area contributed by atoms with Crippen molar-refractivity contribution in [2.45, 2.75) is 51.1 Å². The minimum Gasteiger partial charge on any atom is -0.480 e. The molecule has 2 unspecified atom stereocenters. The summed E-state index contributed by atoms with van der Waals surface area (Å²) in [6.07, 6.45) is 2.88. The summed E-state index contributed by atoms with van der Waals surface area (Å²) in [5.74, 6) is -0.759. The first-order valence-corrected chi connectivity index (χ1v) is 7.89. The monoisotopic (exact) mass is 298 g/mol. The second-order valence-corrected chi connectivity index (χ2v) is 6.00. The topological polar surface area (TPSA) is 70.1 Å². The average molecular weight is 298 g/mol. The van der Waals surface area contributed by atoms with Crippen LogP contribution in [0.25, 0.3) is 0 Å². The maximum Gasteiger partial charge on any atom is 0.324 e. The van der Waals surface area contributed by atoms with Crippen molar-refractivity contribution >= 4 is 11.9 Å². The van der Waals surface area contributed by atoms with Crippen LogP contribution >= 0.6 is 0 Å². The van der Waals surface area contributed by atoms with E-state index < -0.39 is 11.5 Å². The van der Waals surface area contributed by atoms with Gasteiger partial charge in [0.25, 0.3) is 0 Å². The van der Waals surface area contributed by atoms with Crippen LogP contribution in [0, 0.1) is 0 Å². The lowest BCUT2D eigenvalue weighted by Crippen LogP contribution is -2.59. The van der Waals surface area contributed by atoms with Crippen molar-refractivity contribution in [1.29, 1.82) is 0 Å². The smallest absolute Gasteiger partial charge is 0.324 e. The van der Waals surface area contributed by atoms with Crippen LogP contribution in [0.1, 0.15) is 39.5 Å². The fourth-order valence-corrected chi connectivity index (χ4v) is 3.66. The number of carboxylic acid groups (broad SMARTS) is 1. The lowest BCUT2D eigenvalue weighted by atomic mass is 9.89. The third-order valence-electron chi connectivity index (χ3n) is 4.75. The maximum atomic E-state index is 12.6. The van der Waals surface area contributed by atoms with E-state index >= 15 is 0 Å². The minimum absolute atomic E-state index is 0.0296. The molecule has 2 saturated heterocycles. The maximum absolute atomic E-state index is 12.6. The number of ether oxygens (including phenoxy) is 1. The molecule has 2 aliphatic heterocycles. The van der Waals surface area contributed by atoms with Crippen LogP contribution in [-0.4, -0.2) is 71.2 Å². The summed E-state index contributed by atoms with van der Waals surface area (Å²) >= 11 is 0. The van der Waals surface area contributed by atoms with Crippen molar-refractivity contribution in [3.8, 4) is 0 Å². The molecule has 2 heterocycles. The zero-order valence-electron chi connectivity index (χ0n) is 13.0. The van der Waals surface area contributed by atoms with E-state index in [1.165, 1.54) is 0 Å². The highest BCUT2D eigenvalue weighted by Crippen LogP contribution is 2.36. The van der Waals surface area contributed by atoms with Crippen molar-refractivity contribution in [1.82, 2.24) is 9.80 Å². The lowest BCUT2D eigenvalue weighted by Gasteiger charge is -2.40. The Morgan fingerprint density at radius 1 is 1.29 bits per heavy atom. The standard InChI is InChI=1S/C15H26N2O4/c1-3-5-15(14(19)20)6-4-7-17(15)12(2)13(18)16-8-10-21-11-9-16/h12H,3-11H2,1-2H3,(H,19,20). The van der Waals surface area contributed by atoms with Crippen LogP contribution in [0.15, 0.2) is 0 Å². The highest BCUT2D eigenvalue weighted by molar-refractivity contribution is 5.84. The summed E-state index contributed by atoms with van der Waals surface area (Å²) in [5, 5.41) is 9.72. The molecule has 2 aliphatic rings. The SMILES string of the molecule is CCCC1(C(=O)O)CCCN1C(C)C(=O)N1CCOCC1. The quantitative estimate of drug-likeness (QED) is 0.818. The Bertz CT molecular complexity index is 395. The molecule has 0 radical (unpaired) electrons. The number of morpholine rings is 1. The third kappa shape index (κ3) is 3.06. The third-order valence-corrected chi connectivity index (χ3v) is 4.75. The van der Waals surface area contributed by atoms with Crippen molar-refractivity contribution in [3.05, 3.63) is 0 Å². The van der Waals surface area contributed by atoms with E-state index in [0.717, 1.165) is 12.8 Å². The van der Waals surface area contributed by atoms with Gasteiger partial charge in [0.2, 0.25) is 5.91 Å². The normalized spacial score (nSPS) is 28.6. The molecule has 0 bridgehead atoms. The Hall–Kier alpha value is -1.14. The lowest BCUT2D eigenvalue weighted by molar-refractivity contribution is -0.155. The summed E-state index contributed by atoms with van der Waals surface area (Å²) < 4.78 is 5.27. The Balaban J connectivity index is 2.13. The number of amides is 1. The number of hydrogen-bond acceptors (Lipinski definition) is 4. The second kappa shape index (κ2) is 6.75. The van der Waals surface area contributed by atoms with Gasteiger partial charge >= 0.3 is 5.97 Å². The molecule has 6 heteroatoms. The number of carbonyl (C=O) groups is 2. The Kier molecular flexibility index (Phi) is 5.22. The van der Waals surface area contributed by atoms with Gasteiger partial charge in [-0.3, -0.25) is 14.5 Å². The number of rotatable bonds is 5. The first-order valence-electron chi connectivity index (χ1n) is 7.89. The summed E-state index contributed by atoms with van der Waals surface area (Å²) in [7, 11) is 0. The van der Waals surface area contributed by atoms with E-state index in [9.17, 15) is 14.7 Å². The molecule has 2 fully saturated rings. The van der Waals surface area contributed by atoms with Crippen LogP contribution in [0.5, 0.6) is 0 Å². The molecule has 2 atom stereocenters. The molecule has 0 aromatic rings. The molecular formula is C15H26N2O4. The van der Waals surface area contributed by atoms with Gasteiger partial charge < -0.3 is 14.7 Å². The second-order valence-electron chi connectivity index (χ2n) is 6.00. The summed E-state index contributed by atoms with van der Waals surface area (Å²) in [6, 6.07) is -0.381. The van der Waals surface area contributed by atoms with E-state index in [-0.39, 0.29) is 11.9 Å². The molecule has 21 heavy (non-hydrogen) atoms. The van der Waals surface area contributed by atoms with Gasteiger partial charge in [0, 0.05) is 19.6 Å². The van der Waals surface area contributed by atoms with E-state index in [1.54, 1.807) is 4.90 Å². The van der Waals surface area contributed by atoms with Gasteiger partial charge in [0.1, 0.15) is 5.54 Å². The summed E-state index contributed by atoms with van der Waals surface area (Å²) in [5.41, 5.74) is -0.865. The summed E-state index contributed by atoms with van der Waals surface area (Å²) in [6.45, 7) is 6.86. The molecule has 0 aromatic heterocycles. The first-order chi connectivity index (χ1) is 10.0. The van der Waals surface area contributed by atoms with Crippen molar-refractivity contribution < 1.29 is 19.4 Å². The van der Waals surface area contributed by atoms with Crippen LogP contribution in [-0.2, 0) is 14.3 Å². The van der Waals surface area contributed by atoms with Gasteiger partial charge in [-0.2, -0.15) is 0 Å². The van der Waals surface area contributed by atoms with Crippen LogP contribution in [0.4, 0.5) is 0 Å². The number of likely N-dealkylation sites (tertiary alicyclic amines) is 1. The molecule has 0 aliphatic carbocycles. The molecular weight excluding hydrogens is 272 g/mol. The van der Waals surface area contributed by atoms with Gasteiger partial charge in [-0.25, -0.2) is 0 Å². The van der Waals surface area contributed by atoms with Crippen LogP contribution in [0.2, 0.25) is 0 Å². The number of aliphatic carboxylic acids is 1. The number of hydrogen-bond donors (Lipinski definition) is 1. The molecule has 1 amide bonds. The highest BCUT2D eigenvalue weighted by atomic mass is 16.5. The zero-order chi connectivity index (χ0) is 15.5. The Labute approximate surface area is 126 Å². The number of carbonyl (C=O) groups excluding carboxylic acids is 1. The molecule has 120 valence electrons. The molecule has 6 nitrogen and oxygen atoms in total. The fourth-order valence-electron chi connectivity index (χ4n) is 3.66.